The lowest BCUT2D eigenvalue weighted by Gasteiger charge is -1.97. The second-order valence-corrected chi connectivity index (χ2v) is 2.51. The summed E-state index contributed by atoms with van der Waals surface area (Å²) in [6.07, 6.45) is 0. The number of ether oxygens (including phenoxy) is 1. The molecule has 2 heteroatoms. The minimum absolute atomic E-state index is 0.581. The first kappa shape index (κ1) is 9.02. The lowest BCUT2D eigenvalue weighted by atomic mass is 10.2. The molecule has 1 rings (SSSR count). The zero-order valence-electron chi connectivity index (χ0n) is 6.87. The summed E-state index contributed by atoms with van der Waals surface area (Å²) < 4.78 is 5.05. The Labute approximate surface area is 78.2 Å². The van der Waals surface area contributed by atoms with Crippen molar-refractivity contribution in [1.82, 2.24) is 0 Å². The van der Waals surface area contributed by atoms with E-state index in [4.69, 9.17) is 4.74 Å². The first-order valence-electron chi connectivity index (χ1n) is 3.60. The summed E-state index contributed by atoms with van der Waals surface area (Å²) in [7, 11) is 1.64. The van der Waals surface area contributed by atoms with E-state index in [2.05, 4.69) is 24.5 Å². The fraction of sp³-hybridized carbons (Fsp3) is 0.200. The molecule has 0 aromatic heterocycles. The van der Waals surface area contributed by atoms with E-state index in [1.165, 1.54) is 0 Å². The van der Waals surface area contributed by atoms with Gasteiger partial charge in [-0.25, -0.2) is 0 Å². The first-order chi connectivity index (χ1) is 5.86. The molecule has 0 atom stereocenters. The molecule has 0 aliphatic carbocycles. The van der Waals surface area contributed by atoms with Gasteiger partial charge in [-0.2, -0.15) is 12.6 Å². The van der Waals surface area contributed by atoms with Crippen molar-refractivity contribution in [3.63, 3.8) is 0 Å². The molecule has 0 saturated heterocycles. The lowest BCUT2D eigenvalue weighted by Crippen LogP contribution is -1.82. The fourth-order valence-electron chi connectivity index (χ4n) is 0.842. The van der Waals surface area contributed by atoms with Crippen molar-refractivity contribution < 1.29 is 4.74 Å². The van der Waals surface area contributed by atoms with Crippen LogP contribution in [0.4, 0.5) is 0 Å². The van der Waals surface area contributed by atoms with E-state index in [0.29, 0.717) is 5.75 Å². The number of methoxy groups -OCH3 is 1. The Balaban J connectivity index is 2.86. The van der Waals surface area contributed by atoms with Gasteiger partial charge < -0.3 is 4.74 Å². The molecule has 1 nitrogen and oxygen atoms in total. The van der Waals surface area contributed by atoms with Gasteiger partial charge in [-0.05, 0) is 18.2 Å². The Kier molecular flexibility index (Phi) is 3.56. The molecule has 0 bridgehead atoms. The summed E-state index contributed by atoms with van der Waals surface area (Å²) in [5.41, 5.74) is 0.961. The van der Waals surface area contributed by atoms with E-state index in [-0.39, 0.29) is 0 Å². The van der Waals surface area contributed by atoms with Gasteiger partial charge in [0.1, 0.15) is 5.75 Å². The highest BCUT2D eigenvalue weighted by Gasteiger charge is 1.89. The van der Waals surface area contributed by atoms with E-state index in [1.807, 2.05) is 24.3 Å². The molecule has 0 saturated carbocycles. The molecule has 62 valence electrons. The van der Waals surface area contributed by atoms with E-state index in [0.717, 1.165) is 11.3 Å². The summed E-state index contributed by atoms with van der Waals surface area (Å²) in [5, 5.41) is 0. The first-order valence-corrected chi connectivity index (χ1v) is 4.24. The third kappa shape index (κ3) is 2.52. The van der Waals surface area contributed by atoms with Crippen LogP contribution >= 0.6 is 12.6 Å². The van der Waals surface area contributed by atoms with Crippen LogP contribution in [0.15, 0.2) is 24.3 Å². The van der Waals surface area contributed by atoms with Gasteiger partial charge in [0.2, 0.25) is 0 Å². The monoisotopic (exact) mass is 178 g/mol. The van der Waals surface area contributed by atoms with Crippen molar-refractivity contribution >= 4 is 12.6 Å². The topological polar surface area (TPSA) is 9.23 Å². The standard InChI is InChI=1S/C10H10OS/c1-11-10-6-2-4-9(8-10)5-3-7-12/h2,4,6,8,12H,7H2,1H3. The maximum absolute atomic E-state index is 5.05. The smallest absolute Gasteiger partial charge is 0.120 e. The average molecular weight is 178 g/mol. The molecule has 1 aromatic carbocycles. The van der Waals surface area contributed by atoms with E-state index in [9.17, 15) is 0 Å². The fourth-order valence-corrected chi connectivity index (χ4v) is 0.921. The van der Waals surface area contributed by atoms with Crippen LogP contribution < -0.4 is 4.74 Å². The molecule has 0 aliphatic heterocycles. The number of hydrogen-bond donors (Lipinski definition) is 1. The van der Waals surface area contributed by atoms with Crippen molar-refractivity contribution in [1.29, 1.82) is 0 Å². The van der Waals surface area contributed by atoms with Crippen LogP contribution in [0.3, 0.4) is 0 Å². The zero-order chi connectivity index (χ0) is 8.81. The quantitative estimate of drug-likeness (QED) is 0.511. The van der Waals surface area contributed by atoms with E-state index < -0.39 is 0 Å². The molecule has 0 radical (unpaired) electrons. The molecule has 1 aromatic rings. The Bertz CT molecular complexity index is 309. The predicted octanol–water partition coefficient (Wildman–Crippen LogP) is 1.98. The number of thiol groups is 1. The third-order valence-corrected chi connectivity index (χ3v) is 1.54. The van der Waals surface area contributed by atoms with Crippen molar-refractivity contribution in [2.45, 2.75) is 0 Å². The third-order valence-electron chi connectivity index (χ3n) is 1.38. The minimum atomic E-state index is 0.581. The predicted molar refractivity (Wildman–Crippen MR) is 53.7 cm³/mol. The van der Waals surface area contributed by atoms with Gasteiger partial charge in [0, 0.05) is 5.56 Å². The lowest BCUT2D eigenvalue weighted by molar-refractivity contribution is 0.414. The van der Waals surface area contributed by atoms with E-state index >= 15 is 0 Å². The van der Waals surface area contributed by atoms with Gasteiger partial charge in [0.15, 0.2) is 0 Å². The molecule has 0 unspecified atom stereocenters. The molecular formula is C10H10OS. The van der Waals surface area contributed by atoms with Crippen LogP contribution in [-0.2, 0) is 0 Å². The Hall–Kier alpha value is -1.07. The van der Waals surface area contributed by atoms with E-state index in [1.54, 1.807) is 7.11 Å². The average Bonchev–Trinajstić information content (AvgIpc) is 2.15. The van der Waals surface area contributed by atoms with Crippen LogP contribution in [0.25, 0.3) is 0 Å². The second-order valence-electron chi connectivity index (χ2n) is 2.19. The summed E-state index contributed by atoms with van der Waals surface area (Å²) in [6, 6.07) is 7.66. The molecule has 0 N–H and O–H groups in total. The van der Waals surface area contributed by atoms with Gasteiger partial charge in [-0.1, -0.05) is 17.9 Å². The van der Waals surface area contributed by atoms with Gasteiger partial charge >= 0.3 is 0 Å². The van der Waals surface area contributed by atoms with Gasteiger partial charge in [0.25, 0.3) is 0 Å². The molecule has 0 aliphatic rings. The van der Waals surface area contributed by atoms with Crippen molar-refractivity contribution in [2.24, 2.45) is 0 Å². The van der Waals surface area contributed by atoms with Crippen molar-refractivity contribution in [3.8, 4) is 17.6 Å². The van der Waals surface area contributed by atoms with Crippen molar-refractivity contribution in [3.05, 3.63) is 29.8 Å². The maximum atomic E-state index is 5.05. The highest BCUT2D eigenvalue weighted by atomic mass is 32.1. The van der Waals surface area contributed by atoms with Crippen LogP contribution in [0, 0.1) is 11.8 Å². The van der Waals surface area contributed by atoms with Crippen molar-refractivity contribution in [2.75, 3.05) is 12.9 Å². The van der Waals surface area contributed by atoms with Gasteiger partial charge in [0.05, 0.1) is 12.9 Å². The maximum Gasteiger partial charge on any atom is 0.120 e. The summed E-state index contributed by atoms with van der Waals surface area (Å²) in [6.45, 7) is 0. The molecular weight excluding hydrogens is 168 g/mol. The molecule has 0 amide bonds. The summed E-state index contributed by atoms with van der Waals surface area (Å²) in [4.78, 5) is 0. The molecule has 12 heavy (non-hydrogen) atoms. The summed E-state index contributed by atoms with van der Waals surface area (Å²) >= 11 is 3.99. The molecule has 0 spiro atoms. The largest absolute Gasteiger partial charge is 0.497 e. The highest BCUT2D eigenvalue weighted by Crippen LogP contribution is 2.10. The SMILES string of the molecule is COc1cccc(C#CCS)c1. The summed E-state index contributed by atoms with van der Waals surface area (Å²) in [5.74, 6) is 7.25. The van der Waals surface area contributed by atoms with Gasteiger partial charge in [-0.15, -0.1) is 0 Å². The van der Waals surface area contributed by atoms with Crippen LogP contribution in [-0.4, -0.2) is 12.9 Å². The number of hydrogen-bond acceptors (Lipinski definition) is 2. The van der Waals surface area contributed by atoms with Crippen LogP contribution in [0.1, 0.15) is 5.56 Å². The Morgan fingerprint density at radius 2 is 2.33 bits per heavy atom. The number of benzene rings is 1. The minimum Gasteiger partial charge on any atom is -0.497 e. The number of rotatable bonds is 1. The molecule has 0 heterocycles. The Morgan fingerprint density at radius 3 is 3.00 bits per heavy atom. The second kappa shape index (κ2) is 4.74. The Morgan fingerprint density at radius 1 is 1.50 bits per heavy atom. The highest BCUT2D eigenvalue weighted by molar-refractivity contribution is 7.80. The van der Waals surface area contributed by atoms with Gasteiger partial charge in [-0.3, -0.25) is 0 Å². The normalized spacial score (nSPS) is 8.50. The van der Waals surface area contributed by atoms with Crippen LogP contribution in [0.2, 0.25) is 0 Å². The molecule has 0 fully saturated rings. The van der Waals surface area contributed by atoms with Crippen LogP contribution in [0.5, 0.6) is 5.75 Å². The zero-order valence-corrected chi connectivity index (χ0v) is 7.77.